The summed E-state index contributed by atoms with van der Waals surface area (Å²) in [5.41, 5.74) is 5.64. The molecule has 4 aromatic rings. The van der Waals surface area contributed by atoms with Gasteiger partial charge < -0.3 is 14.7 Å². The first-order valence-electron chi connectivity index (χ1n) is 12.7. The van der Waals surface area contributed by atoms with Crippen molar-refractivity contribution in [3.63, 3.8) is 0 Å². The molecule has 2 aromatic heterocycles. The normalized spacial score (nSPS) is 12.5. The smallest absolute Gasteiger partial charge is 0.189 e. The molecule has 0 amide bonds. The summed E-state index contributed by atoms with van der Waals surface area (Å²) in [6.45, 7) is 15.1. The lowest BCUT2D eigenvalue weighted by Crippen LogP contribution is -2.24. The minimum atomic E-state index is -0.209. The van der Waals surface area contributed by atoms with E-state index in [1.165, 1.54) is 24.1 Å². The quantitative estimate of drug-likeness (QED) is 0.364. The van der Waals surface area contributed by atoms with Gasteiger partial charge in [-0.15, -0.1) is 10.2 Å². The second-order valence-corrected chi connectivity index (χ2v) is 10.3. The number of aromatic hydroxyl groups is 1. The fraction of sp³-hybridized carbons (Fsp3) is 0.414. The van der Waals surface area contributed by atoms with E-state index in [-0.39, 0.29) is 11.2 Å². The highest BCUT2D eigenvalue weighted by atomic mass is 16.5. The summed E-state index contributed by atoms with van der Waals surface area (Å²) in [5, 5.41) is 25.0. The van der Waals surface area contributed by atoms with E-state index in [2.05, 4.69) is 80.9 Å². The maximum absolute atomic E-state index is 10.1. The van der Waals surface area contributed by atoms with Gasteiger partial charge in [-0.2, -0.15) is 9.61 Å². The predicted molar refractivity (Wildman–Crippen MR) is 146 cm³/mol. The van der Waals surface area contributed by atoms with Gasteiger partial charge >= 0.3 is 0 Å². The molecule has 0 bridgehead atoms. The lowest BCUT2D eigenvalue weighted by atomic mass is 9.90. The van der Waals surface area contributed by atoms with Gasteiger partial charge in [-0.05, 0) is 67.8 Å². The Bertz CT molecular complexity index is 1420. The van der Waals surface area contributed by atoms with E-state index in [4.69, 9.17) is 9.84 Å². The second-order valence-electron chi connectivity index (χ2n) is 10.3. The van der Waals surface area contributed by atoms with Crippen molar-refractivity contribution in [2.24, 2.45) is 0 Å². The summed E-state index contributed by atoms with van der Waals surface area (Å²) in [6, 6.07) is 11.6. The molecule has 7 nitrogen and oxygen atoms in total. The number of unbranched alkanes of at least 4 members (excludes halogenated alkanes) is 1. The third kappa shape index (κ3) is 4.87. The highest BCUT2D eigenvalue weighted by molar-refractivity contribution is 5.70. The topological polar surface area (TPSA) is 75.8 Å². The molecule has 0 saturated carbocycles. The van der Waals surface area contributed by atoms with Gasteiger partial charge in [-0.3, -0.25) is 0 Å². The maximum atomic E-state index is 10.1. The van der Waals surface area contributed by atoms with Crippen LogP contribution in [0.2, 0.25) is 0 Å². The molecule has 0 atom stereocenters. The Kier molecular flexibility index (Phi) is 7.20. The Hall–Kier alpha value is -3.61. The number of aromatic nitrogens is 4. The van der Waals surface area contributed by atoms with Crippen LogP contribution in [0, 0.1) is 6.92 Å². The van der Waals surface area contributed by atoms with Crippen molar-refractivity contribution in [2.45, 2.75) is 59.8 Å². The predicted octanol–water partition coefficient (Wildman–Crippen LogP) is 5.29. The molecule has 2 heterocycles. The van der Waals surface area contributed by atoms with Crippen molar-refractivity contribution in [3.8, 4) is 22.9 Å². The first kappa shape index (κ1) is 25.5. The van der Waals surface area contributed by atoms with Crippen LogP contribution in [0.15, 0.2) is 36.4 Å². The van der Waals surface area contributed by atoms with Gasteiger partial charge in [0, 0.05) is 29.4 Å². The van der Waals surface area contributed by atoms with Crippen molar-refractivity contribution in [1.29, 1.82) is 0 Å². The van der Waals surface area contributed by atoms with Crippen LogP contribution >= 0.6 is 0 Å². The Morgan fingerprint density at radius 3 is 2.50 bits per heavy atom. The molecule has 4 rings (SSSR count). The van der Waals surface area contributed by atoms with Crippen LogP contribution in [0.3, 0.4) is 0 Å². The van der Waals surface area contributed by atoms with E-state index in [1.54, 1.807) is 29.8 Å². The summed E-state index contributed by atoms with van der Waals surface area (Å²) in [4.78, 5) is 2.43. The van der Waals surface area contributed by atoms with Crippen LogP contribution in [0.4, 0.5) is 5.69 Å². The number of benzene rings is 2. The zero-order valence-corrected chi connectivity index (χ0v) is 22.5. The molecule has 0 radical (unpaired) electrons. The van der Waals surface area contributed by atoms with Crippen molar-refractivity contribution in [2.75, 3.05) is 25.1 Å². The molecule has 0 saturated heterocycles. The maximum Gasteiger partial charge on any atom is 0.189 e. The highest BCUT2D eigenvalue weighted by Crippen LogP contribution is 2.32. The number of methoxy groups -OCH3 is 1. The van der Waals surface area contributed by atoms with Gasteiger partial charge in [0.2, 0.25) is 0 Å². The van der Waals surface area contributed by atoms with Crippen molar-refractivity contribution in [3.05, 3.63) is 58.4 Å². The molecular formula is C29H37N5O2. The molecule has 0 aliphatic carbocycles. The molecule has 1 N–H and O–H groups in total. The third-order valence-corrected chi connectivity index (χ3v) is 6.55. The number of fused-ring (bicyclic) bond motifs is 1. The average molecular weight is 488 g/mol. The number of phenols is 1. The Labute approximate surface area is 213 Å². The first-order chi connectivity index (χ1) is 17.2. The first-order valence-corrected chi connectivity index (χ1v) is 12.7. The summed E-state index contributed by atoms with van der Waals surface area (Å²) in [5.74, 6) is 1.26. The molecule has 0 spiro atoms. The van der Waals surface area contributed by atoms with E-state index in [9.17, 15) is 5.11 Å². The standard InChI is InChI=1S/C29H37N5O2/c1-8-10-15-33(9-2)21-12-11-20(19(3)16-21)17-24-26(29(4,5)6)32-34-27(30-31-28(24)34)23-18-22(35)13-14-25(23)36-7/h11-14,16-18,35H,8-10,15H2,1-7H3/b24-17-. The van der Waals surface area contributed by atoms with Gasteiger partial charge in [-0.1, -0.05) is 40.2 Å². The highest BCUT2D eigenvalue weighted by Gasteiger charge is 2.25. The molecule has 2 aromatic carbocycles. The monoisotopic (exact) mass is 487 g/mol. The number of nitrogens with zero attached hydrogens (tertiary/aromatic N) is 5. The summed E-state index contributed by atoms with van der Waals surface area (Å²) >= 11 is 0. The Morgan fingerprint density at radius 2 is 1.86 bits per heavy atom. The lowest BCUT2D eigenvalue weighted by molar-refractivity contribution is 0.413. The summed E-state index contributed by atoms with van der Waals surface area (Å²) in [6.07, 6.45) is 4.54. The van der Waals surface area contributed by atoms with E-state index < -0.39 is 0 Å². The molecule has 0 fully saturated rings. The van der Waals surface area contributed by atoms with Crippen LogP contribution in [-0.2, 0) is 5.41 Å². The molecule has 0 aliphatic rings. The number of rotatable bonds is 8. The van der Waals surface area contributed by atoms with Crippen LogP contribution < -0.4 is 14.9 Å². The van der Waals surface area contributed by atoms with Crippen molar-refractivity contribution < 1.29 is 9.84 Å². The molecule has 0 unspecified atom stereocenters. The minimum Gasteiger partial charge on any atom is -0.508 e. The van der Waals surface area contributed by atoms with Gasteiger partial charge in [-0.25, -0.2) is 0 Å². The number of anilines is 1. The van der Waals surface area contributed by atoms with E-state index in [1.807, 2.05) is 0 Å². The second kappa shape index (κ2) is 10.2. The third-order valence-electron chi connectivity index (χ3n) is 6.55. The van der Waals surface area contributed by atoms with E-state index in [0.29, 0.717) is 22.8 Å². The molecule has 36 heavy (non-hydrogen) atoms. The zero-order chi connectivity index (χ0) is 26.0. The van der Waals surface area contributed by atoms with Crippen LogP contribution in [0.5, 0.6) is 11.5 Å². The average Bonchev–Trinajstić information content (AvgIpc) is 3.41. The van der Waals surface area contributed by atoms with Gasteiger partial charge in [0.05, 0.1) is 18.4 Å². The number of ether oxygens (including phenoxy) is 1. The van der Waals surface area contributed by atoms with Crippen LogP contribution in [0.25, 0.3) is 23.1 Å². The largest absolute Gasteiger partial charge is 0.508 e. The molecule has 7 heteroatoms. The lowest BCUT2D eigenvalue weighted by Gasteiger charge is -2.23. The van der Waals surface area contributed by atoms with Crippen LogP contribution in [-0.4, -0.2) is 45.1 Å². The van der Waals surface area contributed by atoms with Crippen molar-refractivity contribution >= 4 is 17.4 Å². The number of hydrogen-bond donors (Lipinski definition) is 1. The fourth-order valence-corrected chi connectivity index (χ4v) is 4.52. The zero-order valence-electron chi connectivity index (χ0n) is 22.5. The summed E-state index contributed by atoms with van der Waals surface area (Å²) < 4.78 is 7.28. The van der Waals surface area contributed by atoms with Gasteiger partial charge in [0.25, 0.3) is 0 Å². The minimum absolute atomic E-state index is 0.132. The Balaban J connectivity index is 1.87. The number of hydrogen-bond acceptors (Lipinski definition) is 6. The molecular weight excluding hydrogens is 450 g/mol. The number of aryl methyl sites for hydroxylation is 1. The van der Waals surface area contributed by atoms with Gasteiger partial charge in [0.15, 0.2) is 11.5 Å². The fourth-order valence-electron chi connectivity index (χ4n) is 4.52. The van der Waals surface area contributed by atoms with Crippen molar-refractivity contribution in [1.82, 2.24) is 19.8 Å². The van der Waals surface area contributed by atoms with Crippen LogP contribution in [0.1, 0.15) is 64.3 Å². The molecule has 0 aliphatic heterocycles. The van der Waals surface area contributed by atoms with E-state index in [0.717, 1.165) is 29.6 Å². The number of phenolic OH excluding ortho intramolecular Hbond substituents is 1. The Morgan fingerprint density at radius 1 is 1.08 bits per heavy atom. The van der Waals surface area contributed by atoms with E-state index >= 15 is 0 Å². The molecule has 190 valence electrons. The summed E-state index contributed by atoms with van der Waals surface area (Å²) in [7, 11) is 1.60. The SMILES string of the molecule is CCCCN(CC)c1ccc(/C=c2/c(C(C)(C)C)nn3c(-c4cc(O)ccc4OC)nnc23)c(C)c1. The van der Waals surface area contributed by atoms with Gasteiger partial charge in [0.1, 0.15) is 11.5 Å².